The molecule has 1 atom stereocenters. The van der Waals surface area contributed by atoms with Gasteiger partial charge >= 0.3 is 0 Å². The summed E-state index contributed by atoms with van der Waals surface area (Å²) in [5.74, 6) is 0.0287. The van der Waals surface area contributed by atoms with E-state index in [4.69, 9.17) is 0 Å². The van der Waals surface area contributed by atoms with E-state index in [9.17, 15) is 4.79 Å². The number of anilines is 1. The highest BCUT2D eigenvalue weighted by Gasteiger charge is 2.10. The Morgan fingerprint density at radius 2 is 1.96 bits per heavy atom. The van der Waals surface area contributed by atoms with Crippen LogP contribution in [0.15, 0.2) is 59.1 Å². The summed E-state index contributed by atoms with van der Waals surface area (Å²) < 4.78 is 1.02. The fourth-order valence-electron chi connectivity index (χ4n) is 2.27. The van der Waals surface area contributed by atoms with E-state index in [1.165, 1.54) is 5.56 Å². The van der Waals surface area contributed by atoms with Crippen LogP contribution in [0.1, 0.15) is 11.1 Å². The van der Waals surface area contributed by atoms with E-state index < -0.39 is 0 Å². The summed E-state index contributed by atoms with van der Waals surface area (Å²) >= 11 is 3.43. The van der Waals surface area contributed by atoms with E-state index in [1.807, 2.05) is 50.4 Å². The second kappa shape index (κ2) is 8.65. The van der Waals surface area contributed by atoms with Crippen LogP contribution in [0.4, 0.5) is 5.69 Å². The van der Waals surface area contributed by atoms with Crippen molar-refractivity contribution in [2.75, 3.05) is 25.5 Å². The van der Waals surface area contributed by atoms with Gasteiger partial charge in [0.1, 0.15) is 0 Å². The summed E-state index contributed by atoms with van der Waals surface area (Å²) in [7, 11) is 2.02. The maximum atomic E-state index is 12.1. The van der Waals surface area contributed by atoms with E-state index in [0.29, 0.717) is 6.54 Å². The molecule has 2 N–H and O–H groups in total. The lowest BCUT2D eigenvalue weighted by Gasteiger charge is -2.13. The van der Waals surface area contributed by atoms with Crippen molar-refractivity contribution in [3.05, 3.63) is 70.2 Å². The zero-order chi connectivity index (χ0) is 16.7. The van der Waals surface area contributed by atoms with Crippen LogP contribution in [0.3, 0.4) is 0 Å². The Hall–Kier alpha value is -1.91. The van der Waals surface area contributed by atoms with E-state index in [-0.39, 0.29) is 5.91 Å². The summed E-state index contributed by atoms with van der Waals surface area (Å²) in [6, 6.07) is 16.0. The second-order valence-electron chi connectivity index (χ2n) is 5.66. The monoisotopic (exact) mass is 373 g/mol. The first-order valence-corrected chi connectivity index (χ1v) is 8.43. The van der Waals surface area contributed by atoms with Crippen LogP contribution in [0.2, 0.25) is 0 Å². The molecule has 23 heavy (non-hydrogen) atoms. The molecule has 4 heteroatoms. The maximum Gasteiger partial charge on any atom is 0.279 e. The molecule has 0 saturated carbocycles. The van der Waals surface area contributed by atoms with Crippen molar-refractivity contribution >= 4 is 33.6 Å². The van der Waals surface area contributed by atoms with Gasteiger partial charge in [-0.1, -0.05) is 52.3 Å². The Bertz CT molecular complexity index is 683. The fourth-order valence-corrected chi connectivity index (χ4v) is 2.74. The summed E-state index contributed by atoms with van der Waals surface area (Å²) in [6.45, 7) is 3.23. The highest BCUT2D eigenvalue weighted by atomic mass is 79.9. The number of rotatable bonds is 6. The van der Waals surface area contributed by atoms with Crippen LogP contribution in [0.25, 0.3) is 6.08 Å². The topological polar surface area (TPSA) is 33.5 Å². The van der Waals surface area contributed by atoms with Crippen LogP contribution in [0, 0.1) is 6.92 Å². The smallest absolute Gasteiger partial charge is 0.279 e. The van der Waals surface area contributed by atoms with E-state index in [1.54, 1.807) is 0 Å². The van der Waals surface area contributed by atoms with Crippen molar-refractivity contribution in [1.29, 1.82) is 0 Å². The van der Waals surface area contributed by atoms with Crippen molar-refractivity contribution in [3.63, 3.8) is 0 Å². The molecular formula is C19H22BrN2O+. The lowest BCUT2D eigenvalue weighted by atomic mass is 10.2. The minimum atomic E-state index is 0.0287. The van der Waals surface area contributed by atoms with Gasteiger partial charge in [-0.25, -0.2) is 0 Å². The lowest BCUT2D eigenvalue weighted by Crippen LogP contribution is -3.09. The van der Waals surface area contributed by atoms with Crippen LogP contribution < -0.4 is 10.2 Å². The van der Waals surface area contributed by atoms with Gasteiger partial charge in [0.15, 0.2) is 6.54 Å². The molecule has 2 aromatic rings. The highest BCUT2D eigenvalue weighted by molar-refractivity contribution is 9.10. The third-order valence-corrected chi connectivity index (χ3v) is 3.99. The van der Waals surface area contributed by atoms with Crippen LogP contribution in [-0.2, 0) is 4.79 Å². The first-order chi connectivity index (χ1) is 11.0. The summed E-state index contributed by atoms with van der Waals surface area (Å²) in [5, 5.41) is 2.97. The van der Waals surface area contributed by atoms with Gasteiger partial charge in [0.2, 0.25) is 0 Å². The average molecular weight is 374 g/mol. The number of halogens is 1. The predicted molar refractivity (Wildman–Crippen MR) is 99.6 cm³/mol. The number of nitrogens with one attached hydrogen (secondary N) is 2. The molecule has 1 unspecified atom stereocenters. The van der Waals surface area contributed by atoms with Crippen LogP contribution in [0.5, 0.6) is 0 Å². The largest absolute Gasteiger partial charge is 0.326 e. The first-order valence-electron chi connectivity index (χ1n) is 7.63. The quantitative estimate of drug-likeness (QED) is 0.801. The van der Waals surface area contributed by atoms with Crippen molar-refractivity contribution in [3.8, 4) is 0 Å². The number of quaternary nitrogens is 1. The molecule has 0 heterocycles. The minimum Gasteiger partial charge on any atom is -0.326 e. The van der Waals surface area contributed by atoms with Crippen molar-refractivity contribution in [2.24, 2.45) is 0 Å². The number of benzene rings is 2. The zero-order valence-corrected chi connectivity index (χ0v) is 15.1. The molecule has 0 fully saturated rings. The normalized spacial score (nSPS) is 12.3. The summed E-state index contributed by atoms with van der Waals surface area (Å²) in [4.78, 5) is 13.3. The highest BCUT2D eigenvalue weighted by Crippen LogP contribution is 2.19. The number of hydrogen-bond acceptors (Lipinski definition) is 1. The molecular weight excluding hydrogens is 352 g/mol. The number of carbonyl (C=O) groups is 1. The molecule has 0 spiro atoms. The Morgan fingerprint density at radius 3 is 2.65 bits per heavy atom. The van der Waals surface area contributed by atoms with Gasteiger partial charge in [-0.15, -0.1) is 0 Å². The Kier molecular flexibility index (Phi) is 6.56. The van der Waals surface area contributed by atoms with Gasteiger partial charge in [-0.3, -0.25) is 4.79 Å². The molecule has 1 amide bonds. The van der Waals surface area contributed by atoms with Gasteiger partial charge in [0.25, 0.3) is 5.91 Å². The molecule has 3 nitrogen and oxygen atoms in total. The fraction of sp³-hybridized carbons (Fsp3) is 0.211. The maximum absolute atomic E-state index is 12.1. The number of hydrogen-bond donors (Lipinski definition) is 2. The molecule has 2 aromatic carbocycles. The molecule has 0 radical (unpaired) electrons. The number of likely N-dealkylation sites (N-methyl/N-ethyl adjacent to an activating group) is 1. The standard InChI is InChI=1S/C19H21BrN2O/c1-15-13-17(20)10-11-18(15)21-19(23)14-22(2)12-6-9-16-7-4-3-5-8-16/h3-11,13H,12,14H2,1-2H3,(H,21,23)/p+1/b9-6+. The van der Waals surface area contributed by atoms with Gasteiger partial charge in [0.05, 0.1) is 13.6 Å². The Labute approximate surface area is 146 Å². The van der Waals surface area contributed by atoms with E-state index >= 15 is 0 Å². The minimum absolute atomic E-state index is 0.0287. The van der Waals surface area contributed by atoms with E-state index in [2.05, 4.69) is 45.5 Å². The first kappa shape index (κ1) is 17.4. The summed E-state index contributed by atoms with van der Waals surface area (Å²) in [6.07, 6.45) is 4.18. The average Bonchev–Trinajstić information content (AvgIpc) is 2.51. The molecule has 0 bridgehead atoms. The van der Waals surface area contributed by atoms with Gasteiger partial charge in [-0.05, 0) is 42.3 Å². The SMILES string of the molecule is Cc1cc(Br)ccc1NC(=O)C[NH+](C)C/C=C/c1ccccc1. The third-order valence-electron chi connectivity index (χ3n) is 3.50. The predicted octanol–water partition coefficient (Wildman–Crippen LogP) is 2.92. The van der Waals surface area contributed by atoms with Crippen LogP contribution >= 0.6 is 15.9 Å². The van der Waals surface area contributed by atoms with Gasteiger partial charge < -0.3 is 10.2 Å². The Balaban J connectivity index is 1.81. The molecule has 0 aliphatic rings. The third kappa shape index (κ3) is 6.00. The van der Waals surface area contributed by atoms with Gasteiger partial charge in [0, 0.05) is 10.2 Å². The molecule has 0 saturated heterocycles. The number of amides is 1. The molecule has 0 aliphatic carbocycles. The zero-order valence-electron chi connectivity index (χ0n) is 13.5. The number of carbonyl (C=O) groups excluding carboxylic acids is 1. The van der Waals surface area contributed by atoms with Crippen molar-refractivity contribution in [1.82, 2.24) is 0 Å². The summed E-state index contributed by atoms with van der Waals surface area (Å²) in [5.41, 5.74) is 3.09. The molecule has 2 rings (SSSR count). The Morgan fingerprint density at radius 1 is 1.22 bits per heavy atom. The number of aryl methyl sites for hydroxylation is 1. The molecule has 0 aromatic heterocycles. The lowest BCUT2D eigenvalue weighted by molar-refractivity contribution is -0.864. The molecule has 120 valence electrons. The van der Waals surface area contributed by atoms with Crippen molar-refractivity contribution in [2.45, 2.75) is 6.92 Å². The van der Waals surface area contributed by atoms with Gasteiger partial charge in [-0.2, -0.15) is 0 Å². The van der Waals surface area contributed by atoms with Crippen LogP contribution in [-0.4, -0.2) is 26.0 Å². The van der Waals surface area contributed by atoms with E-state index in [0.717, 1.165) is 27.2 Å². The van der Waals surface area contributed by atoms with Crippen molar-refractivity contribution < 1.29 is 9.69 Å². The second-order valence-corrected chi connectivity index (χ2v) is 6.57. The molecule has 0 aliphatic heterocycles.